The van der Waals surface area contributed by atoms with Gasteiger partial charge in [0, 0.05) is 17.8 Å². The van der Waals surface area contributed by atoms with Gasteiger partial charge in [0.05, 0.1) is 32.7 Å². The molecule has 2 aromatic carbocycles. The molecule has 0 radical (unpaired) electrons. The summed E-state index contributed by atoms with van der Waals surface area (Å²) in [5, 5.41) is 7.52. The Morgan fingerprint density at radius 1 is 1.10 bits per heavy atom. The lowest BCUT2D eigenvalue weighted by Crippen LogP contribution is -2.34. The maximum absolute atomic E-state index is 13.0. The van der Waals surface area contributed by atoms with E-state index in [1.165, 1.54) is 7.11 Å². The number of hydrogen-bond donors (Lipinski definition) is 1. The maximum Gasteiger partial charge on any atom is 0.307 e. The number of hydrogen-bond acceptors (Lipinski definition) is 5. The van der Waals surface area contributed by atoms with Crippen molar-refractivity contribution in [1.82, 2.24) is 15.1 Å². The van der Waals surface area contributed by atoms with Gasteiger partial charge in [0.25, 0.3) is 5.91 Å². The van der Waals surface area contributed by atoms with Gasteiger partial charge in [0.1, 0.15) is 11.4 Å². The van der Waals surface area contributed by atoms with E-state index in [0.29, 0.717) is 23.6 Å². The van der Waals surface area contributed by atoms with E-state index in [-0.39, 0.29) is 24.3 Å². The smallest absolute Gasteiger partial charge is 0.307 e. The quantitative estimate of drug-likeness (QED) is 0.580. The van der Waals surface area contributed by atoms with E-state index >= 15 is 0 Å². The molecule has 3 rings (SSSR count). The highest BCUT2D eigenvalue weighted by Gasteiger charge is 2.21. The van der Waals surface area contributed by atoms with Crippen LogP contribution in [0, 0.1) is 0 Å². The van der Waals surface area contributed by atoms with E-state index < -0.39 is 0 Å². The molecule has 156 valence electrons. The first kappa shape index (κ1) is 21.1. The molecule has 7 heteroatoms. The molecule has 0 aliphatic carbocycles. The van der Waals surface area contributed by atoms with Crippen molar-refractivity contribution in [2.45, 2.75) is 25.9 Å². The summed E-state index contributed by atoms with van der Waals surface area (Å²) in [4.78, 5) is 24.5. The Hall–Kier alpha value is -3.61. The monoisotopic (exact) mass is 407 g/mol. The summed E-state index contributed by atoms with van der Waals surface area (Å²) in [6, 6.07) is 16.9. The Morgan fingerprint density at radius 3 is 2.57 bits per heavy atom. The molecule has 1 unspecified atom stereocenters. The molecule has 0 aliphatic heterocycles. The standard InChI is InChI=1S/C23H25N3O4/c1-16(12-21(27)30-3)24-23(28)20-15-26(14-17-8-5-4-6-9-17)25-22(20)18-10-7-11-19(13-18)29-2/h4-11,13,15-16H,12,14H2,1-3H3,(H,24,28). The molecule has 1 aromatic heterocycles. The maximum atomic E-state index is 13.0. The normalized spacial score (nSPS) is 11.6. The molecule has 0 bridgehead atoms. The summed E-state index contributed by atoms with van der Waals surface area (Å²) in [6.45, 7) is 2.29. The van der Waals surface area contributed by atoms with Crippen molar-refractivity contribution in [3.8, 4) is 17.0 Å². The average molecular weight is 407 g/mol. The first-order chi connectivity index (χ1) is 14.5. The van der Waals surface area contributed by atoms with Gasteiger partial charge in [0.2, 0.25) is 0 Å². The number of ether oxygens (including phenoxy) is 2. The van der Waals surface area contributed by atoms with Crippen LogP contribution in [0.4, 0.5) is 0 Å². The number of methoxy groups -OCH3 is 2. The number of rotatable bonds is 8. The third-order valence-corrected chi connectivity index (χ3v) is 4.61. The topological polar surface area (TPSA) is 82.5 Å². The van der Waals surface area contributed by atoms with Gasteiger partial charge < -0.3 is 14.8 Å². The third-order valence-electron chi connectivity index (χ3n) is 4.61. The van der Waals surface area contributed by atoms with Crippen molar-refractivity contribution in [2.24, 2.45) is 0 Å². The predicted molar refractivity (Wildman–Crippen MR) is 113 cm³/mol. The minimum Gasteiger partial charge on any atom is -0.497 e. The minimum absolute atomic E-state index is 0.0921. The molecule has 1 atom stereocenters. The van der Waals surface area contributed by atoms with Crippen LogP contribution in [0.3, 0.4) is 0 Å². The molecule has 7 nitrogen and oxygen atoms in total. The van der Waals surface area contributed by atoms with Crippen LogP contribution in [0.25, 0.3) is 11.3 Å². The number of esters is 1. The van der Waals surface area contributed by atoms with Crippen LogP contribution in [0.5, 0.6) is 5.75 Å². The molecule has 0 saturated heterocycles. The zero-order chi connectivity index (χ0) is 21.5. The lowest BCUT2D eigenvalue weighted by molar-refractivity contribution is -0.141. The number of amides is 1. The molecule has 30 heavy (non-hydrogen) atoms. The highest BCUT2D eigenvalue weighted by molar-refractivity contribution is 6.00. The molecular weight excluding hydrogens is 382 g/mol. The summed E-state index contributed by atoms with van der Waals surface area (Å²) < 4.78 is 11.7. The van der Waals surface area contributed by atoms with E-state index in [1.54, 1.807) is 24.9 Å². The zero-order valence-electron chi connectivity index (χ0n) is 17.3. The molecule has 0 fully saturated rings. The lowest BCUT2D eigenvalue weighted by atomic mass is 10.1. The van der Waals surface area contributed by atoms with Gasteiger partial charge in [-0.05, 0) is 24.6 Å². The SMILES string of the molecule is COC(=O)CC(C)NC(=O)c1cn(Cc2ccccc2)nc1-c1cccc(OC)c1. The van der Waals surface area contributed by atoms with Crippen LogP contribution in [0.1, 0.15) is 29.3 Å². The van der Waals surface area contributed by atoms with Crippen LogP contribution >= 0.6 is 0 Å². The van der Waals surface area contributed by atoms with Gasteiger partial charge >= 0.3 is 5.97 Å². The second-order valence-corrected chi connectivity index (χ2v) is 6.96. The van der Waals surface area contributed by atoms with E-state index in [1.807, 2.05) is 54.6 Å². The van der Waals surface area contributed by atoms with Gasteiger partial charge in [-0.2, -0.15) is 5.10 Å². The fourth-order valence-electron chi connectivity index (χ4n) is 3.11. The Balaban J connectivity index is 1.92. The van der Waals surface area contributed by atoms with E-state index in [2.05, 4.69) is 15.2 Å². The summed E-state index contributed by atoms with van der Waals surface area (Å²) in [5.41, 5.74) is 2.82. The highest BCUT2D eigenvalue weighted by Crippen LogP contribution is 2.26. The molecule has 1 N–H and O–H groups in total. The molecule has 1 heterocycles. The second-order valence-electron chi connectivity index (χ2n) is 6.96. The Morgan fingerprint density at radius 2 is 1.87 bits per heavy atom. The Labute approximate surface area is 175 Å². The van der Waals surface area contributed by atoms with Crippen molar-refractivity contribution in [1.29, 1.82) is 0 Å². The number of nitrogens with zero attached hydrogens (tertiary/aromatic N) is 2. The van der Waals surface area contributed by atoms with Crippen molar-refractivity contribution >= 4 is 11.9 Å². The first-order valence-corrected chi connectivity index (χ1v) is 9.63. The predicted octanol–water partition coefficient (Wildman–Crippen LogP) is 3.29. The van der Waals surface area contributed by atoms with Gasteiger partial charge in [0.15, 0.2) is 0 Å². The van der Waals surface area contributed by atoms with Crippen LogP contribution in [-0.2, 0) is 16.1 Å². The number of aromatic nitrogens is 2. The highest BCUT2D eigenvalue weighted by atomic mass is 16.5. The Bertz CT molecular complexity index is 1010. The molecular formula is C23H25N3O4. The summed E-state index contributed by atoms with van der Waals surface area (Å²) in [5.74, 6) is -0.00495. The second kappa shape index (κ2) is 9.73. The van der Waals surface area contributed by atoms with Gasteiger partial charge in [-0.25, -0.2) is 0 Å². The molecule has 0 aliphatic rings. The lowest BCUT2D eigenvalue weighted by Gasteiger charge is -2.12. The number of carbonyl (C=O) groups excluding carboxylic acids is 2. The van der Waals surface area contributed by atoms with E-state index in [9.17, 15) is 9.59 Å². The van der Waals surface area contributed by atoms with Crippen molar-refractivity contribution in [3.63, 3.8) is 0 Å². The first-order valence-electron chi connectivity index (χ1n) is 9.63. The third kappa shape index (κ3) is 5.26. The molecule has 0 saturated carbocycles. The van der Waals surface area contributed by atoms with Crippen LogP contribution < -0.4 is 10.1 Å². The summed E-state index contributed by atoms with van der Waals surface area (Å²) in [6.07, 6.45) is 1.82. The van der Waals surface area contributed by atoms with Gasteiger partial charge in [-0.3, -0.25) is 14.3 Å². The van der Waals surface area contributed by atoms with E-state index in [4.69, 9.17) is 4.74 Å². The molecule has 0 spiro atoms. The summed E-state index contributed by atoms with van der Waals surface area (Å²) in [7, 11) is 2.92. The Kier molecular flexibility index (Phi) is 6.85. The summed E-state index contributed by atoms with van der Waals surface area (Å²) >= 11 is 0. The van der Waals surface area contributed by atoms with Crippen LogP contribution in [0.2, 0.25) is 0 Å². The largest absolute Gasteiger partial charge is 0.497 e. The van der Waals surface area contributed by atoms with Crippen LogP contribution in [-0.4, -0.2) is 41.9 Å². The zero-order valence-corrected chi connectivity index (χ0v) is 17.3. The number of carbonyl (C=O) groups is 2. The van der Waals surface area contributed by atoms with Crippen molar-refractivity contribution in [2.75, 3.05) is 14.2 Å². The van der Waals surface area contributed by atoms with Crippen molar-refractivity contribution in [3.05, 3.63) is 71.9 Å². The number of nitrogens with one attached hydrogen (secondary N) is 1. The van der Waals surface area contributed by atoms with Crippen LogP contribution in [0.15, 0.2) is 60.8 Å². The van der Waals surface area contributed by atoms with E-state index in [0.717, 1.165) is 11.1 Å². The van der Waals surface area contributed by atoms with Gasteiger partial charge in [-0.15, -0.1) is 0 Å². The molecule has 3 aromatic rings. The minimum atomic E-state index is -0.379. The van der Waals surface area contributed by atoms with Gasteiger partial charge in [-0.1, -0.05) is 42.5 Å². The average Bonchev–Trinajstić information content (AvgIpc) is 3.18. The molecule has 1 amide bonds. The fraction of sp³-hybridized carbons (Fsp3) is 0.261. The fourth-order valence-corrected chi connectivity index (χ4v) is 3.11. The number of benzene rings is 2. The van der Waals surface area contributed by atoms with Crippen molar-refractivity contribution < 1.29 is 19.1 Å².